The molecule has 0 saturated carbocycles. The van der Waals surface area contributed by atoms with E-state index in [1.807, 2.05) is 0 Å². The van der Waals surface area contributed by atoms with Crippen molar-refractivity contribution in [2.24, 2.45) is 5.73 Å². The normalized spacial score (nSPS) is 12.2. The maximum Gasteiger partial charge on any atom is 0.239 e. The van der Waals surface area contributed by atoms with Gasteiger partial charge in [-0.15, -0.1) is 6.58 Å². The zero-order valence-corrected chi connectivity index (χ0v) is 10.4. The lowest BCUT2D eigenvalue weighted by Crippen LogP contribution is -2.45. The van der Waals surface area contributed by atoms with Gasteiger partial charge in [0, 0.05) is 20.2 Å². The minimum atomic E-state index is -0.392. The van der Waals surface area contributed by atoms with E-state index in [4.69, 9.17) is 10.5 Å². The number of nitrogens with zero attached hydrogens (tertiary/aromatic N) is 1. The van der Waals surface area contributed by atoms with Crippen LogP contribution in [0.15, 0.2) is 12.7 Å². The molecule has 0 spiro atoms. The number of carbonyl (C=O) groups is 1. The second-order valence-corrected chi connectivity index (χ2v) is 3.81. The average molecular weight is 228 g/mol. The maximum absolute atomic E-state index is 11.9. The van der Waals surface area contributed by atoms with Crippen LogP contribution in [0.25, 0.3) is 0 Å². The molecule has 0 aromatic heterocycles. The molecule has 0 saturated heterocycles. The topological polar surface area (TPSA) is 55.6 Å². The fourth-order valence-electron chi connectivity index (χ4n) is 1.43. The molecule has 0 fully saturated rings. The molecule has 0 bridgehead atoms. The Kier molecular flexibility index (Phi) is 8.85. The highest BCUT2D eigenvalue weighted by atomic mass is 16.5. The maximum atomic E-state index is 11.9. The highest BCUT2D eigenvalue weighted by Gasteiger charge is 2.19. The summed E-state index contributed by atoms with van der Waals surface area (Å²) in [6.45, 7) is 7.35. The first-order valence-corrected chi connectivity index (χ1v) is 5.81. The van der Waals surface area contributed by atoms with Crippen molar-refractivity contribution >= 4 is 5.91 Å². The van der Waals surface area contributed by atoms with Crippen LogP contribution in [0.3, 0.4) is 0 Å². The third-order valence-electron chi connectivity index (χ3n) is 2.41. The molecule has 1 amide bonds. The van der Waals surface area contributed by atoms with Crippen molar-refractivity contribution in [2.75, 3.05) is 26.8 Å². The van der Waals surface area contributed by atoms with Crippen molar-refractivity contribution < 1.29 is 9.53 Å². The molecule has 94 valence electrons. The number of carbonyl (C=O) groups excluding carboxylic acids is 1. The number of methoxy groups -OCH3 is 1. The number of ether oxygens (including phenoxy) is 1. The highest BCUT2D eigenvalue weighted by molar-refractivity contribution is 5.81. The Morgan fingerprint density at radius 3 is 2.81 bits per heavy atom. The lowest BCUT2D eigenvalue weighted by atomic mass is 10.1. The van der Waals surface area contributed by atoms with Gasteiger partial charge in [0.25, 0.3) is 0 Å². The minimum absolute atomic E-state index is 0.00889. The van der Waals surface area contributed by atoms with E-state index >= 15 is 0 Å². The van der Waals surface area contributed by atoms with Crippen LogP contribution in [0.1, 0.15) is 26.2 Å². The fourth-order valence-corrected chi connectivity index (χ4v) is 1.43. The van der Waals surface area contributed by atoms with Gasteiger partial charge in [0.05, 0.1) is 12.6 Å². The number of hydrogen-bond acceptors (Lipinski definition) is 3. The molecule has 2 N–H and O–H groups in total. The zero-order chi connectivity index (χ0) is 12.4. The summed E-state index contributed by atoms with van der Waals surface area (Å²) in [4.78, 5) is 13.6. The molecule has 0 unspecified atom stereocenters. The SMILES string of the molecule is C=CCN(CCOC)C(=O)[C@@H](N)CCCC. The quantitative estimate of drug-likeness (QED) is 0.603. The molecule has 16 heavy (non-hydrogen) atoms. The highest BCUT2D eigenvalue weighted by Crippen LogP contribution is 2.03. The lowest BCUT2D eigenvalue weighted by Gasteiger charge is -2.24. The Bertz CT molecular complexity index is 207. The van der Waals surface area contributed by atoms with E-state index in [0.717, 1.165) is 19.3 Å². The molecule has 4 heteroatoms. The zero-order valence-electron chi connectivity index (χ0n) is 10.4. The van der Waals surface area contributed by atoms with Crippen LogP contribution in [0.4, 0.5) is 0 Å². The van der Waals surface area contributed by atoms with E-state index in [2.05, 4.69) is 13.5 Å². The van der Waals surface area contributed by atoms with Crippen LogP contribution in [-0.4, -0.2) is 43.7 Å². The molecule has 0 rings (SSSR count). The van der Waals surface area contributed by atoms with E-state index in [9.17, 15) is 4.79 Å². The summed E-state index contributed by atoms with van der Waals surface area (Å²) in [5.74, 6) is -0.00889. The van der Waals surface area contributed by atoms with Gasteiger partial charge in [-0.25, -0.2) is 0 Å². The van der Waals surface area contributed by atoms with Gasteiger partial charge in [-0.05, 0) is 6.42 Å². The first kappa shape index (κ1) is 15.1. The Hall–Kier alpha value is -0.870. The molecular formula is C12H24N2O2. The summed E-state index contributed by atoms with van der Waals surface area (Å²) in [7, 11) is 1.62. The third kappa shape index (κ3) is 5.88. The number of unbranched alkanes of at least 4 members (excludes halogenated alkanes) is 1. The van der Waals surface area contributed by atoms with Crippen LogP contribution in [0.5, 0.6) is 0 Å². The predicted molar refractivity (Wildman–Crippen MR) is 66.2 cm³/mol. The van der Waals surface area contributed by atoms with Gasteiger partial charge >= 0.3 is 0 Å². The van der Waals surface area contributed by atoms with E-state index < -0.39 is 6.04 Å². The van der Waals surface area contributed by atoms with Crippen LogP contribution in [0, 0.1) is 0 Å². The fraction of sp³-hybridized carbons (Fsp3) is 0.750. The van der Waals surface area contributed by atoms with E-state index in [0.29, 0.717) is 19.7 Å². The molecule has 0 heterocycles. The molecule has 4 nitrogen and oxygen atoms in total. The Balaban J connectivity index is 4.17. The molecular weight excluding hydrogens is 204 g/mol. The Labute approximate surface area is 98.4 Å². The van der Waals surface area contributed by atoms with Gasteiger partial charge in [-0.2, -0.15) is 0 Å². The number of amides is 1. The molecule has 1 atom stereocenters. The first-order chi connectivity index (χ1) is 7.67. The van der Waals surface area contributed by atoms with Crippen molar-refractivity contribution in [1.82, 2.24) is 4.90 Å². The van der Waals surface area contributed by atoms with Crippen LogP contribution in [-0.2, 0) is 9.53 Å². The van der Waals surface area contributed by atoms with Crippen LogP contribution in [0.2, 0.25) is 0 Å². The third-order valence-corrected chi connectivity index (χ3v) is 2.41. The standard InChI is InChI=1S/C12H24N2O2/c1-4-6-7-11(13)12(15)14(8-5-2)9-10-16-3/h5,11H,2,4,6-10,13H2,1,3H3/t11-/m0/s1. The molecule has 0 radical (unpaired) electrons. The summed E-state index contributed by atoms with van der Waals surface area (Å²) in [6, 6.07) is -0.392. The van der Waals surface area contributed by atoms with Crippen molar-refractivity contribution in [3.63, 3.8) is 0 Å². The smallest absolute Gasteiger partial charge is 0.239 e. The summed E-state index contributed by atoms with van der Waals surface area (Å²) in [6.07, 6.45) is 4.50. The van der Waals surface area contributed by atoms with Gasteiger partial charge in [0.15, 0.2) is 0 Å². The first-order valence-electron chi connectivity index (χ1n) is 5.81. The summed E-state index contributed by atoms with van der Waals surface area (Å²) in [5.41, 5.74) is 5.84. The molecule has 0 aliphatic carbocycles. The van der Waals surface area contributed by atoms with Gasteiger partial charge in [0.1, 0.15) is 0 Å². The predicted octanol–water partition coefficient (Wildman–Crippen LogP) is 1.16. The van der Waals surface area contributed by atoms with Gasteiger partial charge in [0.2, 0.25) is 5.91 Å². The van der Waals surface area contributed by atoms with Gasteiger partial charge in [-0.1, -0.05) is 25.8 Å². The van der Waals surface area contributed by atoms with E-state index in [1.165, 1.54) is 0 Å². The van der Waals surface area contributed by atoms with Crippen LogP contribution < -0.4 is 5.73 Å². The van der Waals surface area contributed by atoms with Gasteiger partial charge < -0.3 is 15.4 Å². The molecule has 0 aromatic rings. The second-order valence-electron chi connectivity index (χ2n) is 3.81. The van der Waals surface area contributed by atoms with Crippen molar-refractivity contribution in [2.45, 2.75) is 32.2 Å². The molecule has 0 aliphatic heterocycles. The average Bonchev–Trinajstić information content (AvgIpc) is 2.30. The summed E-state index contributed by atoms with van der Waals surface area (Å²) >= 11 is 0. The minimum Gasteiger partial charge on any atom is -0.383 e. The van der Waals surface area contributed by atoms with E-state index in [1.54, 1.807) is 18.1 Å². The number of rotatable bonds is 9. The lowest BCUT2D eigenvalue weighted by molar-refractivity contribution is -0.132. The van der Waals surface area contributed by atoms with Crippen molar-refractivity contribution in [3.8, 4) is 0 Å². The largest absolute Gasteiger partial charge is 0.383 e. The second kappa shape index (κ2) is 9.36. The van der Waals surface area contributed by atoms with Gasteiger partial charge in [-0.3, -0.25) is 4.79 Å². The molecule has 0 aromatic carbocycles. The summed E-state index contributed by atoms with van der Waals surface area (Å²) < 4.78 is 4.96. The van der Waals surface area contributed by atoms with Crippen molar-refractivity contribution in [1.29, 1.82) is 0 Å². The molecule has 0 aliphatic rings. The Morgan fingerprint density at radius 1 is 1.62 bits per heavy atom. The number of hydrogen-bond donors (Lipinski definition) is 1. The monoisotopic (exact) mass is 228 g/mol. The van der Waals surface area contributed by atoms with Crippen molar-refractivity contribution in [3.05, 3.63) is 12.7 Å². The van der Waals surface area contributed by atoms with E-state index in [-0.39, 0.29) is 5.91 Å². The number of nitrogens with two attached hydrogens (primary N) is 1. The van der Waals surface area contributed by atoms with Crippen LogP contribution >= 0.6 is 0 Å². The Morgan fingerprint density at radius 2 is 2.31 bits per heavy atom. The summed E-state index contributed by atoms with van der Waals surface area (Å²) in [5, 5.41) is 0.